The van der Waals surface area contributed by atoms with Crippen LogP contribution in [0.15, 0.2) is 23.9 Å². The molecule has 0 radical (unpaired) electrons. The molecule has 3 heteroatoms. The maximum Gasteiger partial charge on any atom is 0.226 e. The van der Waals surface area contributed by atoms with E-state index in [9.17, 15) is 4.79 Å². The first-order valence-corrected chi connectivity index (χ1v) is 4.20. The number of nitrogens with zero attached hydrogens (tertiary/aromatic N) is 1. The minimum atomic E-state index is -0.195. The molecule has 0 aromatic heterocycles. The van der Waals surface area contributed by atoms with E-state index in [-0.39, 0.29) is 11.8 Å². The summed E-state index contributed by atoms with van der Waals surface area (Å²) in [5.41, 5.74) is 6.38. The molecule has 2 aliphatic rings. The van der Waals surface area contributed by atoms with Crippen molar-refractivity contribution in [3.05, 3.63) is 23.9 Å². The molecule has 0 aliphatic carbocycles. The van der Waals surface area contributed by atoms with Gasteiger partial charge in [-0.2, -0.15) is 0 Å². The van der Waals surface area contributed by atoms with E-state index in [0.717, 1.165) is 25.2 Å². The van der Waals surface area contributed by atoms with Crippen molar-refractivity contribution in [1.29, 1.82) is 0 Å². The van der Waals surface area contributed by atoms with Crippen LogP contribution in [-0.2, 0) is 4.79 Å². The van der Waals surface area contributed by atoms with Gasteiger partial charge in [0.05, 0.1) is 5.92 Å². The van der Waals surface area contributed by atoms with Crippen LogP contribution < -0.4 is 5.73 Å². The predicted octanol–water partition coefficient (Wildman–Crippen LogP) is 0.247. The Balaban J connectivity index is 2.25. The van der Waals surface area contributed by atoms with Crippen LogP contribution in [0.2, 0.25) is 0 Å². The molecule has 0 spiro atoms. The van der Waals surface area contributed by atoms with E-state index >= 15 is 0 Å². The molecule has 1 amide bonds. The number of amides is 1. The van der Waals surface area contributed by atoms with Crippen LogP contribution in [0.3, 0.4) is 0 Å². The first-order chi connectivity index (χ1) is 5.79. The van der Waals surface area contributed by atoms with E-state index in [1.807, 2.05) is 12.2 Å². The van der Waals surface area contributed by atoms with Crippen LogP contribution in [0, 0.1) is 5.92 Å². The second-order valence-electron chi connectivity index (χ2n) is 3.21. The Morgan fingerprint density at radius 1 is 1.67 bits per heavy atom. The molecule has 2 rings (SSSR count). The van der Waals surface area contributed by atoms with Crippen LogP contribution in [0.1, 0.15) is 6.42 Å². The van der Waals surface area contributed by atoms with Crippen molar-refractivity contribution < 1.29 is 4.79 Å². The van der Waals surface area contributed by atoms with Crippen LogP contribution >= 0.6 is 0 Å². The summed E-state index contributed by atoms with van der Waals surface area (Å²) in [6, 6.07) is 0. The molecule has 2 N–H and O–H groups in total. The summed E-state index contributed by atoms with van der Waals surface area (Å²) in [5.74, 6) is -0.242. The molecular weight excluding hydrogens is 152 g/mol. The Kier molecular flexibility index (Phi) is 1.64. The van der Waals surface area contributed by atoms with E-state index in [1.54, 1.807) is 0 Å². The maximum atomic E-state index is 11.0. The third-order valence-electron chi connectivity index (χ3n) is 2.48. The number of nitrogens with two attached hydrogens (primary N) is 1. The Bertz CT molecular complexity index is 268. The van der Waals surface area contributed by atoms with E-state index in [0.29, 0.717) is 0 Å². The zero-order valence-corrected chi connectivity index (χ0v) is 6.86. The van der Waals surface area contributed by atoms with Crippen molar-refractivity contribution in [2.75, 3.05) is 13.1 Å². The van der Waals surface area contributed by atoms with Crippen molar-refractivity contribution in [2.24, 2.45) is 11.7 Å². The predicted molar refractivity (Wildman–Crippen MR) is 46.1 cm³/mol. The molecule has 3 nitrogen and oxygen atoms in total. The molecule has 0 bridgehead atoms. The molecule has 64 valence electrons. The SMILES string of the molecule is NC(=O)C1CCN2CC=CC=C12. The molecule has 12 heavy (non-hydrogen) atoms. The Labute approximate surface area is 71.5 Å². The van der Waals surface area contributed by atoms with Gasteiger partial charge >= 0.3 is 0 Å². The highest BCUT2D eigenvalue weighted by atomic mass is 16.1. The van der Waals surface area contributed by atoms with Gasteiger partial charge in [-0.3, -0.25) is 4.79 Å². The fourth-order valence-electron chi connectivity index (χ4n) is 1.84. The Morgan fingerprint density at radius 3 is 3.25 bits per heavy atom. The standard InChI is InChI=1S/C9H12N2O/c10-9(12)7-4-6-11-5-2-1-3-8(7)11/h1-3,7H,4-6H2,(H2,10,12). The lowest BCUT2D eigenvalue weighted by Gasteiger charge is -2.21. The summed E-state index contributed by atoms with van der Waals surface area (Å²) in [5, 5.41) is 0. The summed E-state index contributed by atoms with van der Waals surface area (Å²) >= 11 is 0. The number of fused-ring (bicyclic) bond motifs is 1. The number of rotatable bonds is 1. The summed E-state index contributed by atoms with van der Waals surface area (Å²) in [7, 11) is 0. The lowest BCUT2D eigenvalue weighted by atomic mass is 10.0. The van der Waals surface area contributed by atoms with Crippen LogP contribution in [0.5, 0.6) is 0 Å². The smallest absolute Gasteiger partial charge is 0.226 e. The maximum absolute atomic E-state index is 11.0. The van der Waals surface area contributed by atoms with Gasteiger partial charge in [0.2, 0.25) is 5.91 Å². The van der Waals surface area contributed by atoms with Crippen molar-refractivity contribution in [3.63, 3.8) is 0 Å². The number of carbonyl (C=O) groups excluding carboxylic acids is 1. The zero-order valence-electron chi connectivity index (χ0n) is 6.86. The van der Waals surface area contributed by atoms with Gasteiger partial charge in [0.25, 0.3) is 0 Å². The fourth-order valence-corrected chi connectivity index (χ4v) is 1.84. The average molecular weight is 164 g/mol. The monoisotopic (exact) mass is 164 g/mol. The lowest BCUT2D eigenvalue weighted by Crippen LogP contribution is -2.26. The summed E-state index contributed by atoms with van der Waals surface area (Å²) in [6.45, 7) is 1.89. The van der Waals surface area contributed by atoms with Crippen molar-refractivity contribution in [3.8, 4) is 0 Å². The van der Waals surface area contributed by atoms with E-state index < -0.39 is 0 Å². The topological polar surface area (TPSA) is 46.3 Å². The minimum Gasteiger partial charge on any atom is -0.370 e. The molecule has 1 saturated heterocycles. The number of hydrogen-bond donors (Lipinski definition) is 1. The molecule has 0 aromatic carbocycles. The van der Waals surface area contributed by atoms with Gasteiger partial charge in [-0.25, -0.2) is 0 Å². The molecule has 1 atom stereocenters. The van der Waals surface area contributed by atoms with Crippen molar-refractivity contribution in [2.45, 2.75) is 6.42 Å². The second-order valence-corrected chi connectivity index (χ2v) is 3.21. The molecule has 2 aliphatic heterocycles. The Morgan fingerprint density at radius 2 is 2.50 bits per heavy atom. The van der Waals surface area contributed by atoms with Crippen molar-refractivity contribution >= 4 is 5.91 Å². The molecule has 1 unspecified atom stereocenters. The van der Waals surface area contributed by atoms with Gasteiger partial charge in [0.15, 0.2) is 0 Å². The van der Waals surface area contributed by atoms with Gasteiger partial charge in [-0.05, 0) is 12.5 Å². The highest BCUT2D eigenvalue weighted by Gasteiger charge is 2.31. The summed E-state index contributed by atoms with van der Waals surface area (Å²) in [6.07, 6.45) is 6.95. The lowest BCUT2D eigenvalue weighted by molar-refractivity contribution is -0.120. The van der Waals surface area contributed by atoms with Gasteiger partial charge in [-0.15, -0.1) is 0 Å². The fraction of sp³-hybridized carbons (Fsp3) is 0.444. The average Bonchev–Trinajstić information content (AvgIpc) is 2.47. The van der Waals surface area contributed by atoms with Crippen LogP contribution in [0.4, 0.5) is 0 Å². The largest absolute Gasteiger partial charge is 0.370 e. The number of primary amides is 1. The van der Waals surface area contributed by atoms with Crippen molar-refractivity contribution in [1.82, 2.24) is 4.90 Å². The second kappa shape index (κ2) is 2.66. The van der Waals surface area contributed by atoms with E-state index in [4.69, 9.17) is 5.73 Å². The zero-order chi connectivity index (χ0) is 8.55. The minimum absolute atomic E-state index is 0.0463. The number of hydrogen-bond acceptors (Lipinski definition) is 2. The Hall–Kier alpha value is -1.25. The van der Waals surface area contributed by atoms with Gasteiger partial charge in [0, 0.05) is 18.8 Å². The quantitative estimate of drug-likeness (QED) is 0.603. The van der Waals surface area contributed by atoms with Crippen LogP contribution in [0.25, 0.3) is 0 Å². The molecule has 0 aromatic rings. The van der Waals surface area contributed by atoms with E-state index in [1.165, 1.54) is 0 Å². The molecule has 0 saturated carbocycles. The van der Waals surface area contributed by atoms with E-state index in [2.05, 4.69) is 11.0 Å². The highest BCUT2D eigenvalue weighted by molar-refractivity contribution is 5.80. The van der Waals surface area contributed by atoms with Gasteiger partial charge < -0.3 is 10.6 Å². The molecular formula is C9H12N2O. The highest BCUT2D eigenvalue weighted by Crippen LogP contribution is 2.29. The number of carbonyl (C=O) groups is 1. The third-order valence-corrected chi connectivity index (χ3v) is 2.48. The number of allylic oxidation sites excluding steroid dienone is 2. The molecule has 2 heterocycles. The summed E-state index contributed by atoms with van der Waals surface area (Å²) in [4.78, 5) is 13.2. The summed E-state index contributed by atoms with van der Waals surface area (Å²) < 4.78 is 0. The molecule has 1 fully saturated rings. The van der Waals surface area contributed by atoms with Crippen LogP contribution in [-0.4, -0.2) is 23.9 Å². The normalized spacial score (nSPS) is 26.8. The van der Waals surface area contributed by atoms with Gasteiger partial charge in [0.1, 0.15) is 0 Å². The van der Waals surface area contributed by atoms with Gasteiger partial charge in [-0.1, -0.05) is 12.2 Å². The third kappa shape index (κ3) is 1.02. The first kappa shape index (κ1) is 7.40. The first-order valence-electron chi connectivity index (χ1n) is 4.20.